The summed E-state index contributed by atoms with van der Waals surface area (Å²) in [6.45, 7) is 16.0. The van der Waals surface area contributed by atoms with Crippen molar-refractivity contribution in [3.8, 4) is 0 Å². The number of aliphatic imine (C=N–C) groups is 4. The second-order valence-electron chi connectivity index (χ2n) is 25.5. The van der Waals surface area contributed by atoms with Crippen molar-refractivity contribution in [1.82, 2.24) is 64.5 Å². The minimum atomic E-state index is 0.595. The first-order valence-electron chi connectivity index (χ1n) is 38.0. The minimum Gasteiger partial charge on any atom is -0.308 e. The molecule has 0 unspecified atom stereocenters. The summed E-state index contributed by atoms with van der Waals surface area (Å²) in [6.07, 6.45) is 49.3. The largest absolute Gasteiger partial charge is 0.308 e. The molecule has 10 rings (SSSR count). The smallest absolute Gasteiger partial charge is 0.0812 e. The molecule has 105 heavy (non-hydrogen) atoms. The molecule has 0 bridgehead atoms. The van der Waals surface area contributed by atoms with Crippen molar-refractivity contribution in [2.45, 2.75) is 182 Å². The molecule has 10 heterocycles. The van der Waals surface area contributed by atoms with Crippen LogP contribution in [-0.2, 0) is 45.8 Å². The molecule has 10 aromatic rings. The molecule has 554 valence electrons. The van der Waals surface area contributed by atoms with E-state index < -0.39 is 0 Å². The molecule has 10 aromatic heterocycles. The van der Waals surface area contributed by atoms with E-state index in [1.807, 2.05) is 228 Å². The van der Waals surface area contributed by atoms with Crippen molar-refractivity contribution in [3.05, 3.63) is 301 Å². The number of pyridine rings is 10. The molecule has 0 radical (unpaired) electrons. The quantitative estimate of drug-likeness (QED) is 0.0261. The predicted octanol–water partition coefficient (Wildman–Crippen LogP) is 18.9. The number of aromatic nitrogens is 10. The molecule has 0 amide bonds. The molecule has 17 heteroatoms. The number of likely N-dealkylation sites (N-methyl/N-ethyl adjacent to an activating group) is 1. The van der Waals surface area contributed by atoms with Gasteiger partial charge in [-0.2, -0.15) is 0 Å². The first-order chi connectivity index (χ1) is 51.9. The normalized spacial score (nSPS) is 11.0. The number of nitrogens with zero attached hydrogens (tertiary/aromatic N) is 17. The Balaban J connectivity index is 0.000000229. The lowest BCUT2D eigenvalue weighted by atomic mass is 10.1. The standard InChI is InChI=1S/C20H29N3.C18H18N4.2C14H22N2.C12H11N3.C10H15N3/c1-2-3-4-5-6-11-16-23(17-19-12-7-9-14-21-19)18-20-13-8-10-15-22-20;1-4-10-19-16(7-1)13-22(14-17-8-2-5-11-20-17)15-18-9-3-6-12-21-18;2*1-2-3-4-5-6-8-11-15-13-14-10-7-9-12-16-14;1-3-7-14-11(5-1)9-13-10-12-6-2-4-8-15-12;1-13(2)8-7-11-9-10-5-3-4-6-12-10/h7-10,12-15H,2-6,11,16-18H2,1H3;1-12H,13-15H2;7,9-10,12-13H,2-6,8,11H2,1H3;7,9-12H,2-6,8,13H2,1H3;1-9H,10H2;3-6,9H,7-8H2,1-2H3. The highest BCUT2D eigenvalue weighted by molar-refractivity contribution is 5.77. The maximum Gasteiger partial charge on any atom is 0.0812 e. The fourth-order valence-corrected chi connectivity index (χ4v) is 10.3. The van der Waals surface area contributed by atoms with Crippen molar-refractivity contribution in [2.75, 3.05) is 40.3 Å². The first kappa shape index (κ1) is 85.7. The monoisotopic (exact) mass is 1410 g/mol. The van der Waals surface area contributed by atoms with Crippen molar-refractivity contribution in [2.24, 2.45) is 20.0 Å². The summed E-state index contributed by atoms with van der Waals surface area (Å²) < 4.78 is 0. The topological polar surface area (TPSA) is 188 Å². The van der Waals surface area contributed by atoms with Crippen LogP contribution >= 0.6 is 0 Å². The summed E-state index contributed by atoms with van der Waals surface area (Å²) in [4.78, 5) is 67.2. The van der Waals surface area contributed by atoms with Crippen molar-refractivity contribution < 1.29 is 0 Å². The van der Waals surface area contributed by atoms with Crippen molar-refractivity contribution >= 4 is 24.9 Å². The molecule has 0 saturated heterocycles. The van der Waals surface area contributed by atoms with E-state index >= 15 is 0 Å². The highest BCUT2D eigenvalue weighted by Gasteiger charge is 2.11. The average Bonchev–Trinajstić information content (AvgIpc) is 0.955. The molecule has 0 aliphatic rings. The summed E-state index contributed by atoms with van der Waals surface area (Å²) in [7, 11) is 4.08. The van der Waals surface area contributed by atoms with E-state index in [-0.39, 0.29) is 0 Å². The maximum atomic E-state index is 4.47. The highest BCUT2D eigenvalue weighted by atomic mass is 15.1. The third kappa shape index (κ3) is 46.4. The lowest BCUT2D eigenvalue weighted by molar-refractivity contribution is 0.239. The Bertz CT molecular complexity index is 3520. The van der Waals surface area contributed by atoms with Crippen LogP contribution in [0.2, 0.25) is 0 Å². The zero-order valence-corrected chi connectivity index (χ0v) is 63.5. The molecule has 0 fully saturated rings. The Hall–Kier alpha value is -9.94. The summed E-state index contributed by atoms with van der Waals surface area (Å²) in [5.74, 6) is 0. The summed E-state index contributed by atoms with van der Waals surface area (Å²) in [5, 5.41) is 0. The van der Waals surface area contributed by atoms with Crippen LogP contribution in [0.4, 0.5) is 0 Å². The Morgan fingerprint density at radius 3 is 0.905 bits per heavy atom. The van der Waals surface area contributed by atoms with E-state index in [4.69, 9.17) is 0 Å². The fourth-order valence-electron chi connectivity index (χ4n) is 10.3. The van der Waals surface area contributed by atoms with E-state index in [0.717, 1.165) is 129 Å². The maximum absolute atomic E-state index is 4.47. The van der Waals surface area contributed by atoms with Gasteiger partial charge in [0.05, 0.1) is 76.6 Å². The molecule has 0 spiro atoms. The average molecular weight is 1410 g/mol. The summed E-state index contributed by atoms with van der Waals surface area (Å²) >= 11 is 0. The van der Waals surface area contributed by atoms with Crippen LogP contribution in [0.25, 0.3) is 0 Å². The van der Waals surface area contributed by atoms with Crippen LogP contribution < -0.4 is 0 Å². The first-order valence-corrected chi connectivity index (χ1v) is 38.0. The Kier molecular flexibility index (Phi) is 49.4. The Morgan fingerprint density at radius 1 is 0.267 bits per heavy atom. The van der Waals surface area contributed by atoms with Gasteiger partial charge in [0.15, 0.2) is 0 Å². The SMILES string of the molecule is C(=NCc1ccccn1)c1ccccn1.CCCCCCCC=NCc1ccccn1.CCCCCCCCN(Cc1ccccn1)Cc1ccccn1.CCCCCCCCN=Cc1ccccn1.CN(C)CCN=Cc1ccccn1.c1ccc(CN(Cc2ccccn2)Cc2ccccn2)nc1. The summed E-state index contributed by atoms with van der Waals surface area (Å²) in [5.41, 5.74) is 10.2. The van der Waals surface area contributed by atoms with Gasteiger partial charge in [0.25, 0.3) is 0 Å². The molecule has 0 aromatic carbocycles. The van der Waals surface area contributed by atoms with Gasteiger partial charge in [-0.05, 0) is 174 Å². The van der Waals surface area contributed by atoms with Gasteiger partial charge < -0.3 is 4.90 Å². The van der Waals surface area contributed by atoms with Gasteiger partial charge in [-0.25, -0.2) is 0 Å². The van der Waals surface area contributed by atoms with Crippen LogP contribution in [0.15, 0.2) is 264 Å². The lowest BCUT2D eigenvalue weighted by Gasteiger charge is -2.21. The van der Waals surface area contributed by atoms with E-state index in [2.05, 4.69) is 130 Å². The van der Waals surface area contributed by atoms with Gasteiger partial charge in [0, 0.05) is 126 Å². The zero-order chi connectivity index (χ0) is 74.0. The van der Waals surface area contributed by atoms with Crippen LogP contribution in [0, 0.1) is 0 Å². The molecular formula is C88H117N17. The van der Waals surface area contributed by atoms with Crippen LogP contribution in [0.5, 0.6) is 0 Å². The van der Waals surface area contributed by atoms with E-state index in [0.29, 0.717) is 6.54 Å². The Labute approximate surface area is 629 Å². The van der Waals surface area contributed by atoms with E-state index in [1.165, 1.54) is 109 Å². The molecule has 0 atom stereocenters. The second-order valence-corrected chi connectivity index (χ2v) is 25.5. The van der Waals surface area contributed by atoms with Crippen molar-refractivity contribution in [3.63, 3.8) is 0 Å². The third-order valence-corrected chi connectivity index (χ3v) is 16.0. The third-order valence-electron chi connectivity index (χ3n) is 16.0. The van der Waals surface area contributed by atoms with Gasteiger partial charge in [-0.1, -0.05) is 171 Å². The van der Waals surface area contributed by atoms with Crippen LogP contribution in [-0.4, -0.2) is 130 Å². The molecule has 17 nitrogen and oxygen atoms in total. The lowest BCUT2D eigenvalue weighted by Crippen LogP contribution is -2.25. The van der Waals surface area contributed by atoms with Crippen LogP contribution in [0.1, 0.15) is 193 Å². The molecular weight excluding hydrogens is 1300 g/mol. The fraction of sp³-hybridized carbons (Fsp3) is 0.386. The van der Waals surface area contributed by atoms with E-state index in [9.17, 15) is 0 Å². The van der Waals surface area contributed by atoms with Crippen LogP contribution in [0.3, 0.4) is 0 Å². The highest BCUT2D eigenvalue weighted by Crippen LogP contribution is 2.14. The number of rotatable bonds is 40. The molecule has 0 aliphatic carbocycles. The van der Waals surface area contributed by atoms with Gasteiger partial charge in [0.1, 0.15) is 0 Å². The van der Waals surface area contributed by atoms with E-state index in [1.54, 1.807) is 31.0 Å². The second kappa shape index (κ2) is 60.5. The minimum absolute atomic E-state index is 0.595. The molecule has 0 saturated carbocycles. The Morgan fingerprint density at radius 2 is 0.562 bits per heavy atom. The van der Waals surface area contributed by atoms with Crippen molar-refractivity contribution in [1.29, 1.82) is 0 Å². The molecule has 0 aliphatic heterocycles. The molecule has 0 N–H and O–H groups in total. The summed E-state index contributed by atoms with van der Waals surface area (Å²) in [6, 6.07) is 59.4. The van der Waals surface area contributed by atoms with Gasteiger partial charge in [-0.15, -0.1) is 0 Å². The number of unbranched alkanes of at least 4 members (excludes halogenated alkanes) is 15. The zero-order valence-electron chi connectivity index (χ0n) is 63.5. The van der Waals surface area contributed by atoms with Gasteiger partial charge in [-0.3, -0.25) is 79.6 Å². The predicted molar refractivity (Wildman–Crippen MR) is 437 cm³/mol. The van der Waals surface area contributed by atoms with Gasteiger partial charge >= 0.3 is 0 Å². The van der Waals surface area contributed by atoms with Gasteiger partial charge in [0.2, 0.25) is 0 Å². The number of hydrogen-bond donors (Lipinski definition) is 0. The number of hydrogen-bond acceptors (Lipinski definition) is 17.